The molecule has 2 aromatic carbocycles. The molecular weight excluding hydrogens is 411 g/mol. The molecule has 0 saturated carbocycles. The lowest BCUT2D eigenvalue weighted by Crippen LogP contribution is -2.50. The molecule has 2 atom stereocenters. The van der Waals surface area contributed by atoms with Gasteiger partial charge in [0.1, 0.15) is 18.2 Å². The van der Waals surface area contributed by atoms with Gasteiger partial charge in [0.05, 0.1) is 11.7 Å². The quantitative estimate of drug-likeness (QED) is 0.686. The number of hydrogen-bond acceptors (Lipinski definition) is 6. The second-order valence-corrected chi connectivity index (χ2v) is 8.15. The van der Waals surface area contributed by atoms with E-state index in [1.54, 1.807) is 11.0 Å². The second-order valence-electron chi connectivity index (χ2n) is 7.30. The number of nitrogens with zero attached hydrogens (tertiary/aromatic N) is 5. The fraction of sp³-hybridized carbons (Fsp3) is 0.350. The fourth-order valence-electron chi connectivity index (χ4n) is 4.22. The number of nitrogens with one attached hydrogen (secondary N) is 1. The molecule has 0 unspecified atom stereocenters. The summed E-state index contributed by atoms with van der Waals surface area (Å²) in [6, 6.07) is 11.8. The van der Waals surface area contributed by atoms with Crippen molar-refractivity contribution in [3.05, 3.63) is 63.9 Å². The fourth-order valence-corrected chi connectivity index (χ4v) is 4.80. The summed E-state index contributed by atoms with van der Waals surface area (Å²) in [6.45, 7) is 3.91. The lowest BCUT2D eigenvalue weighted by atomic mass is 10.1. The monoisotopic (exact) mass is 430 g/mol. The van der Waals surface area contributed by atoms with Crippen molar-refractivity contribution in [1.82, 2.24) is 30.4 Å². The molecule has 1 saturated heterocycles. The van der Waals surface area contributed by atoms with E-state index < -0.39 is 0 Å². The Balaban J connectivity index is 1.49. The van der Waals surface area contributed by atoms with Gasteiger partial charge in [-0.2, -0.15) is 0 Å². The zero-order valence-corrected chi connectivity index (χ0v) is 17.1. The molecule has 1 fully saturated rings. The van der Waals surface area contributed by atoms with Crippen molar-refractivity contribution in [2.75, 3.05) is 26.2 Å². The third-order valence-corrected chi connectivity index (χ3v) is 6.13. The first-order chi connectivity index (χ1) is 14.2. The van der Waals surface area contributed by atoms with Crippen molar-refractivity contribution in [3.63, 3.8) is 0 Å². The number of fused-ring (bicyclic) bond motifs is 1. The van der Waals surface area contributed by atoms with E-state index in [1.807, 2.05) is 36.4 Å². The van der Waals surface area contributed by atoms with Crippen LogP contribution in [-0.2, 0) is 6.42 Å². The van der Waals surface area contributed by atoms with E-state index >= 15 is 0 Å². The van der Waals surface area contributed by atoms with Crippen LogP contribution in [0.25, 0.3) is 5.69 Å². The highest BCUT2D eigenvalue weighted by Crippen LogP contribution is 2.42. The Morgan fingerprint density at radius 2 is 1.97 bits per heavy atom. The standard InChI is InChI=1S/C20H20Cl2N6O/c21-13-8-17-16(18(22)9-13)11-19(27-6-4-23-5-7-27)20(17)29-15-3-1-2-14(10-15)28-12-24-25-26-28/h1-3,8-10,12,19-20,23H,4-7,11H2/t19-,20+/m0/s1. The van der Waals surface area contributed by atoms with Gasteiger partial charge in [-0.05, 0) is 46.7 Å². The molecule has 5 rings (SSSR count). The predicted octanol–water partition coefficient (Wildman–Crippen LogP) is 2.92. The van der Waals surface area contributed by atoms with Crippen LogP contribution in [0.4, 0.5) is 0 Å². The van der Waals surface area contributed by atoms with Gasteiger partial charge >= 0.3 is 0 Å². The first-order valence-electron chi connectivity index (χ1n) is 9.62. The molecule has 2 heterocycles. The van der Waals surface area contributed by atoms with E-state index in [1.165, 1.54) is 0 Å². The molecular formula is C20H20Cl2N6O. The van der Waals surface area contributed by atoms with Gasteiger partial charge in [0.2, 0.25) is 0 Å². The third kappa shape index (κ3) is 3.71. The van der Waals surface area contributed by atoms with E-state index in [4.69, 9.17) is 27.9 Å². The van der Waals surface area contributed by atoms with E-state index in [0.29, 0.717) is 10.0 Å². The summed E-state index contributed by atoms with van der Waals surface area (Å²) in [6.07, 6.45) is 2.26. The van der Waals surface area contributed by atoms with Crippen molar-refractivity contribution < 1.29 is 4.74 Å². The smallest absolute Gasteiger partial charge is 0.143 e. The van der Waals surface area contributed by atoms with Crippen molar-refractivity contribution in [1.29, 1.82) is 0 Å². The van der Waals surface area contributed by atoms with Gasteiger partial charge in [-0.25, -0.2) is 4.68 Å². The molecule has 0 amide bonds. The minimum atomic E-state index is -0.150. The van der Waals surface area contributed by atoms with E-state index in [2.05, 4.69) is 25.7 Å². The second kappa shape index (κ2) is 7.91. The molecule has 2 aliphatic rings. The zero-order valence-electron chi connectivity index (χ0n) is 15.6. The lowest BCUT2D eigenvalue weighted by Gasteiger charge is -2.36. The normalized spacial score (nSPS) is 21.9. The summed E-state index contributed by atoms with van der Waals surface area (Å²) in [5.41, 5.74) is 3.04. The Bertz CT molecular complexity index is 1010. The topological polar surface area (TPSA) is 68.1 Å². The largest absolute Gasteiger partial charge is 0.484 e. The van der Waals surface area contributed by atoms with Gasteiger partial charge in [0.15, 0.2) is 0 Å². The van der Waals surface area contributed by atoms with Crippen molar-refractivity contribution in [3.8, 4) is 11.4 Å². The molecule has 3 aromatic rings. The predicted molar refractivity (Wildman–Crippen MR) is 111 cm³/mol. The van der Waals surface area contributed by atoms with E-state index in [-0.39, 0.29) is 12.1 Å². The zero-order chi connectivity index (χ0) is 19.8. The Labute approximate surface area is 178 Å². The highest BCUT2D eigenvalue weighted by molar-refractivity contribution is 6.35. The summed E-state index contributed by atoms with van der Waals surface area (Å²) in [5, 5.41) is 16.1. The minimum absolute atomic E-state index is 0.150. The molecule has 1 N–H and O–H groups in total. The average molecular weight is 431 g/mol. The number of rotatable bonds is 4. The number of benzene rings is 2. The molecule has 29 heavy (non-hydrogen) atoms. The van der Waals surface area contributed by atoms with Crippen molar-refractivity contribution in [2.24, 2.45) is 0 Å². The maximum Gasteiger partial charge on any atom is 0.143 e. The average Bonchev–Trinajstić information content (AvgIpc) is 3.38. The molecule has 1 aromatic heterocycles. The van der Waals surface area contributed by atoms with Crippen molar-refractivity contribution >= 4 is 23.2 Å². The van der Waals surface area contributed by atoms with E-state index in [9.17, 15) is 0 Å². The van der Waals surface area contributed by atoms with Crippen LogP contribution in [0.5, 0.6) is 5.75 Å². The van der Waals surface area contributed by atoms with Crippen LogP contribution in [-0.4, -0.2) is 57.3 Å². The Hall–Kier alpha value is -2.19. The third-order valence-electron chi connectivity index (χ3n) is 5.58. The molecule has 1 aliphatic carbocycles. The molecule has 9 heteroatoms. The van der Waals surface area contributed by atoms with E-state index in [0.717, 1.165) is 55.2 Å². The number of piperazine rings is 1. The summed E-state index contributed by atoms with van der Waals surface area (Å²) in [5.74, 6) is 0.757. The summed E-state index contributed by atoms with van der Waals surface area (Å²) in [4.78, 5) is 2.48. The highest BCUT2D eigenvalue weighted by Gasteiger charge is 2.39. The van der Waals surface area contributed by atoms with Crippen LogP contribution in [0.2, 0.25) is 10.0 Å². The first kappa shape index (κ1) is 18.8. The van der Waals surface area contributed by atoms with Gasteiger partial charge in [0.25, 0.3) is 0 Å². The van der Waals surface area contributed by atoms with Gasteiger partial charge < -0.3 is 10.1 Å². The number of tetrazole rings is 1. The Morgan fingerprint density at radius 3 is 2.76 bits per heavy atom. The van der Waals surface area contributed by atoms with Crippen LogP contribution in [0.15, 0.2) is 42.7 Å². The first-order valence-corrected chi connectivity index (χ1v) is 10.4. The Kier molecular flexibility index (Phi) is 5.13. The van der Waals surface area contributed by atoms with Crippen LogP contribution >= 0.6 is 23.2 Å². The van der Waals surface area contributed by atoms with Gasteiger partial charge in [-0.15, -0.1) is 5.10 Å². The number of halogens is 2. The molecule has 0 bridgehead atoms. The molecule has 0 spiro atoms. The van der Waals surface area contributed by atoms with Gasteiger partial charge in [0, 0.05) is 47.9 Å². The highest BCUT2D eigenvalue weighted by atomic mass is 35.5. The SMILES string of the molecule is Clc1cc(Cl)c2c(c1)[C@@H](Oc1cccc(-n3cnnn3)c1)[C@@H](N1CCNCC1)C2. The van der Waals surface area contributed by atoms with Crippen LogP contribution in [0.1, 0.15) is 17.2 Å². The number of ether oxygens (including phenoxy) is 1. The van der Waals surface area contributed by atoms with Crippen molar-refractivity contribution in [2.45, 2.75) is 18.6 Å². The van der Waals surface area contributed by atoms with Crippen LogP contribution in [0.3, 0.4) is 0 Å². The molecule has 7 nitrogen and oxygen atoms in total. The van der Waals surface area contributed by atoms with Gasteiger partial charge in [-0.3, -0.25) is 4.90 Å². The molecule has 1 aliphatic heterocycles. The molecule has 150 valence electrons. The molecule has 0 radical (unpaired) electrons. The number of hydrogen-bond donors (Lipinski definition) is 1. The summed E-state index contributed by atoms with van der Waals surface area (Å²) < 4.78 is 8.16. The maximum absolute atomic E-state index is 6.56. The minimum Gasteiger partial charge on any atom is -0.484 e. The number of aromatic nitrogens is 4. The summed E-state index contributed by atoms with van der Waals surface area (Å²) >= 11 is 12.9. The van der Waals surface area contributed by atoms with Crippen LogP contribution in [0, 0.1) is 0 Å². The van der Waals surface area contributed by atoms with Crippen LogP contribution < -0.4 is 10.1 Å². The maximum atomic E-state index is 6.56. The van der Waals surface area contributed by atoms with Gasteiger partial charge in [-0.1, -0.05) is 29.3 Å². The Morgan fingerprint density at radius 1 is 1.10 bits per heavy atom. The summed E-state index contributed by atoms with van der Waals surface area (Å²) in [7, 11) is 0. The lowest BCUT2D eigenvalue weighted by molar-refractivity contribution is 0.0693.